The van der Waals surface area contributed by atoms with Crippen molar-refractivity contribution in [3.8, 4) is 5.75 Å². The van der Waals surface area contributed by atoms with Crippen LogP contribution >= 0.6 is 11.3 Å². The van der Waals surface area contributed by atoms with Crippen molar-refractivity contribution in [1.82, 2.24) is 14.6 Å². The number of ether oxygens (including phenoxy) is 1. The summed E-state index contributed by atoms with van der Waals surface area (Å²) in [6.45, 7) is 4.78. The second-order valence-electron chi connectivity index (χ2n) is 6.22. The Morgan fingerprint density at radius 3 is 2.96 bits per heavy atom. The standard InChI is InChI=1S/C18H19FN4O2S/c1-2-22-8-7-11-14(9-22)26-17-16(11)18(24)23(20)15(21-17)10-25-13-6-4-3-5-12(13)19/h3-6H,2,7-10,20H2,1H3. The van der Waals surface area contributed by atoms with Crippen LogP contribution < -0.4 is 16.1 Å². The van der Waals surface area contributed by atoms with Crippen LogP contribution in [0.15, 0.2) is 29.1 Å². The molecule has 4 rings (SSSR count). The van der Waals surface area contributed by atoms with Gasteiger partial charge in [0.05, 0.1) is 5.39 Å². The zero-order chi connectivity index (χ0) is 18.3. The Bertz CT molecular complexity index is 1030. The Kier molecular flexibility index (Phi) is 4.37. The first-order valence-electron chi connectivity index (χ1n) is 8.49. The van der Waals surface area contributed by atoms with Gasteiger partial charge in [-0.15, -0.1) is 11.3 Å². The van der Waals surface area contributed by atoms with Crippen LogP contribution in [0.1, 0.15) is 23.2 Å². The summed E-state index contributed by atoms with van der Waals surface area (Å²) >= 11 is 1.53. The molecule has 0 fully saturated rings. The van der Waals surface area contributed by atoms with E-state index in [1.807, 2.05) is 0 Å². The third kappa shape index (κ3) is 2.85. The van der Waals surface area contributed by atoms with Crippen LogP contribution in [0.3, 0.4) is 0 Å². The number of hydrogen-bond donors (Lipinski definition) is 1. The van der Waals surface area contributed by atoms with Crippen LogP contribution in [0.4, 0.5) is 4.39 Å². The summed E-state index contributed by atoms with van der Waals surface area (Å²) in [6.07, 6.45) is 0.825. The van der Waals surface area contributed by atoms with Gasteiger partial charge in [-0.2, -0.15) is 0 Å². The van der Waals surface area contributed by atoms with Gasteiger partial charge in [-0.25, -0.2) is 14.1 Å². The van der Waals surface area contributed by atoms with Gasteiger partial charge in [0.2, 0.25) is 0 Å². The highest BCUT2D eigenvalue weighted by atomic mass is 32.1. The summed E-state index contributed by atoms with van der Waals surface area (Å²) < 4.78 is 20.2. The number of fused-ring (bicyclic) bond motifs is 3. The van der Waals surface area contributed by atoms with Crippen molar-refractivity contribution in [2.75, 3.05) is 18.9 Å². The predicted octanol–water partition coefficient (Wildman–Crippen LogP) is 2.27. The van der Waals surface area contributed by atoms with E-state index >= 15 is 0 Å². The summed E-state index contributed by atoms with van der Waals surface area (Å²) in [6, 6.07) is 6.10. The zero-order valence-electron chi connectivity index (χ0n) is 14.4. The molecule has 0 bridgehead atoms. The van der Waals surface area contributed by atoms with Crippen LogP contribution in [0, 0.1) is 5.82 Å². The van der Waals surface area contributed by atoms with Crippen molar-refractivity contribution in [2.24, 2.45) is 0 Å². The van der Waals surface area contributed by atoms with Crippen LogP contribution in [-0.2, 0) is 19.6 Å². The number of benzene rings is 1. The second-order valence-corrected chi connectivity index (χ2v) is 7.31. The topological polar surface area (TPSA) is 73.4 Å². The summed E-state index contributed by atoms with van der Waals surface area (Å²) in [5.74, 6) is 5.87. The van der Waals surface area contributed by atoms with E-state index in [2.05, 4.69) is 16.8 Å². The second kappa shape index (κ2) is 6.69. The highest BCUT2D eigenvalue weighted by Crippen LogP contribution is 2.32. The average molecular weight is 374 g/mol. The van der Waals surface area contributed by atoms with Gasteiger partial charge in [0, 0.05) is 18.0 Å². The molecule has 1 aliphatic heterocycles. The summed E-state index contributed by atoms with van der Waals surface area (Å²) in [7, 11) is 0. The molecular formula is C18H19FN4O2S. The molecule has 1 aromatic carbocycles. The number of halogens is 1. The first-order valence-corrected chi connectivity index (χ1v) is 9.31. The average Bonchev–Trinajstić information content (AvgIpc) is 3.02. The lowest BCUT2D eigenvalue weighted by atomic mass is 10.1. The van der Waals surface area contributed by atoms with E-state index in [9.17, 15) is 9.18 Å². The molecule has 1 aliphatic rings. The molecule has 8 heteroatoms. The molecule has 0 unspecified atom stereocenters. The van der Waals surface area contributed by atoms with Crippen LogP contribution in [-0.4, -0.2) is 27.6 Å². The highest BCUT2D eigenvalue weighted by Gasteiger charge is 2.24. The molecule has 0 aliphatic carbocycles. The van der Waals surface area contributed by atoms with E-state index < -0.39 is 5.82 Å². The fourth-order valence-corrected chi connectivity index (χ4v) is 4.50. The number of nitrogens with zero attached hydrogens (tertiary/aromatic N) is 3. The number of aromatic nitrogens is 2. The molecule has 2 N–H and O–H groups in total. The van der Waals surface area contributed by atoms with Crippen molar-refractivity contribution < 1.29 is 9.13 Å². The zero-order valence-corrected chi connectivity index (χ0v) is 15.2. The third-order valence-corrected chi connectivity index (χ3v) is 5.81. The largest absolute Gasteiger partial charge is 0.483 e. The Labute approximate surface area is 153 Å². The number of likely N-dealkylation sites (N-methyl/N-ethyl adjacent to an activating group) is 1. The Hall–Kier alpha value is -2.45. The van der Waals surface area contributed by atoms with Gasteiger partial charge in [-0.3, -0.25) is 9.69 Å². The lowest BCUT2D eigenvalue weighted by Gasteiger charge is -2.24. The molecule has 6 nitrogen and oxygen atoms in total. The van der Waals surface area contributed by atoms with Gasteiger partial charge in [0.25, 0.3) is 5.56 Å². The molecule has 26 heavy (non-hydrogen) atoms. The monoisotopic (exact) mass is 374 g/mol. The molecule has 0 saturated carbocycles. The smallest absolute Gasteiger partial charge is 0.281 e. The molecule has 0 atom stereocenters. The van der Waals surface area contributed by atoms with Gasteiger partial charge in [0.15, 0.2) is 17.4 Å². The molecule has 0 saturated heterocycles. The molecule has 0 spiro atoms. The van der Waals surface area contributed by atoms with E-state index in [4.69, 9.17) is 10.6 Å². The molecule has 0 radical (unpaired) electrons. The Morgan fingerprint density at radius 1 is 1.38 bits per heavy atom. The molecule has 3 heterocycles. The van der Waals surface area contributed by atoms with Gasteiger partial charge in [-0.05, 0) is 30.7 Å². The third-order valence-electron chi connectivity index (χ3n) is 4.70. The van der Waals surface area contributed by atoms with Crippen LogP contribution in [0.2, 0.25) is 0 Å². The van der Waals surface area contributed by atoms with Crippen LogP contribution in [0.25, 0.3) is 10.2 Å². The fraction of sp³-hybridized carbons (Fsp3) is 0.333. The Balaban J connectivity index is 1.70. The quantitative estimate of drug-likeness (QED) is 0.709. The number of thiophene rings is 1. The number of rotatable bonds is 4. The summed E-state index contributed by atoms with van der Waals surface area (Å²) in [5, 5.41) is 0.609. The van der Waals surface area contributed by atoms with Crippen molar-refractivity contribution in [3.63, 3.8) is 0 Å². The van der Waals surface area contributed by atoms with Crippen molar-refractivity contribution in [3.05, 3.63) is 56.7 Å². The normalized spacial score (nSPS) is 14.5. The van der Waals surface area contributed by atoms with Gasteiger partial charge in [0.1, 0.15) is 11.4 Å². The number of nitrogens with two attached hydrogens (primary N) is 1. The summed E-state index contributed by atoms with van der Waals surface area (Å²) in [5.41, 5.74) is 0.789. The van der Waals surface area contributed by atoms with E-state index in [-0.39, 0.29) is 23.7 Å². The van der Waals surface area contributed by atoms with Gasteiger partial charge < -0.3 is 10.6 Å². The van der Waals surface area contributed by atoms with Crippen molar-refractivity contribution in [1.29, 1.82) is 0 Å². The summed E-state index contributed by atoms with van der Waals surface area (Å²) in [4.78, 5) is 21.5. The van der Waals surface area contributed by atoms with Crippen molar-refractivity contribution >= 4 is 21.6 Å². The number of hydrogen-bond acceptors (Lipinski definition) is 6. The molecule has 3 aromatic rings. The minimum Gasteiger partial charge on any atom is -0.483 e. The van der Waals surface area contributed by atoms with Crippen molar-refractivity contribution in [2.45, 2.75) is 26.5 Å². The first-order chi connectivity index (χ1) is 12.6. The maximum atomic E-state index is 13.7. The van der Waals surface area contributed by atoms with E-state index in [1.54, 1.807) is 12.1 Å². The minimum absolute atomic E-state index is 0.0771. The van der Waals surface area contributed by atoms with Gasteiger partial charge >= 0.3 is 0 Å². The fourth-order valence-electron chi connectivity index (χ4n) is 3.23. The number of para-hydroxylation sites is 1. The molecule has 136 valence electrons. The Morgan fingerprint density at radius 2 is 2.19 bits per heavy atom. The lowest BCUT2D eigenvalue weighted by molar-refractivity contribution is 0.272. The predicted molar refractivity (Wildman–Crippen MR) is 99.4 cm³/mol. The van der Waals surface area contributed by atoms with E-state index in [0.717, 1.165) is 36.3 Å². The molecular weight excluding hydrogens is 355 g/mol. The van der Waals surface area contributed by atoms with Gasteiger partial charge in [-0.1, -0.05) is 19.1 Å². The van der Waals surface area contributed by atoms with Crippen LogP contribution in [0.5, 0.6) is 5.75 Å². The number of nitrogen functional groups attached to an aromatic ring is 1. The lowest BCUT2D eigenvalue weighted by Crippen LogP contribution is -2.33. The molecule has 0 amide bonds. The first kappa shape index (κ1) is 17.0. The highest BCUT2D eigenvalue weighted by molar-refractivity contribution is 7.18. The minimum atomic E-state index is -0.467. The van der Waals surface area contributed by atoms with E-state index in [1.165, 1.54) is 28.3 Å². The van der Waals surface area contributed by atoms with E-state index in [0.29, 0.717) is 10.2 Å². The maximum absolute atomic E-state index is 13.7. The SMILES string of the molecule is CCN1CCc2c(sc3nc(COc4ccccc4F)n(N)c(=O)c23)C1. The maximum Gasteiger partial charge on any atom is 0.281 e. The molecule has 2 aromatic heterocycles.